The summed E-state index contributed by atoms with van der Waals surface area (Å²) < 4.78 is 2.30. The number of hydrogen-bond donors (Lipinski definition) is 1. The molecule has 1 atom stereocenters. The van der Waals surface area contributed by atoms with Gasteiger partial charge in [0.25, 0.3) is 0 Å². The van der Waals surface area contributed by atoms with Crippen molar-refractivity contribution in [1.29, 1.82) is 0 Å². The van der Waals surface area contributed by atoms with Crippen molar-refractivity contribution < 1.29 is 4.79 Å². The van der Waals surface area contributed by atoms with Crippen LogP contribution in [0.4, 0.5) is 4.79 Å². The number of nitrogens with one attached hydrogen (secondary N) is 1. The fourth-order valence-corrected chi connectivity index (χ4v) is 3.19. The van der Waals surface area contributed by atoms with Crippen molar-refractivity contribution in [3.05, 3.63) is 17.7 Å². The van der Waals surface area contributed by atoms with Gasteiger partial charge in [-0.1, -0.05) is 0 Å². The first-order chi connectivity index (χ1) is 10.2. The summed E-state index contributed by atoms with van der Waals surface area (Å²) in [6.07, 6.45) is 3.96. The molecule has 1 aliphatic rings. The first kappa shape index (κ1) is 16.8. The molecular weight excluding hydrogens is 276 g/mol. The number of likely N-dealkylation sites (tertiary alicyclic amines) is 1. The summed E-state index contributed by atoms with van der Waals surface area (Å²) in [7, 11) is 0. The molecule has 0 saturated carbocycles. The van der Waals surface area contributed by atoms with Crippen molar-refractivity contribution in [2.24, 2.45) is 5.92 Å². The summed E-state index contributed by atoms with van der Waals surface area (Å²) in [6.45, 7) is 14.2. The number of aromatic nitrogens is 2. The van der Waals surface area contributed by atoms with E-state index < -0.39 is 0 Å². The lowest BCUT2D eigenvalue weighted by atomic mass is 10.0. The van der Waals surface area contributed by atoms with E-state index >= 15 is 0 Å². The van der Waals surface area contributed by atoms with Crippen LogP contribution in [0.5, 0.6) is 0 Å². The maximum atomic E-state index is 12.2. The minimum atomic E-state index is -0.180. The molecule has 2 amide bonds. The maximum Gasteiger partial charge on any atom is 0.317 e. The van der Waals surface area contributed by atoms with Crippen molar-refractivity contribution in [3.8, 4) is 0 Å². The number of amides is 2. The highest BCUT2D eigenvalue weighted by Gasteiger charge is 2.29. The van der Waals surface area contributed by atoms with Crippen molar-refractivity contribution in [2.45, 2.75) is 66.0 Å². The van der Waals surface area contributed by atoms with Gasteiger partial charge in [0.05, 0.1) is 0 Å². The Hall–Kier alpha value is -1.52. The first-order valence-corrected chi connectivity index (χ1v) is 8.27. The second-order valence-corrected chi connectivity index (χ2v) is 7.76. The van der Waals surface area contributed by atoms with Crippen molar-refractivity contribution in [3.63, 3.8) is 0 Å². The van der Waals surface area contributed by atoms with E-state index in [1.807, 2.05) is 31.9 Å². The van der Waals surface area contributed by atoms with Gasteiger partial charge in [0.2, 0.25) is 0 Å². The van der Waals surface area contributed by atoms with E-state index in [9.17, 15) is 4.79 Å². The van der Waals surface area contributed by atoms with E-state index in [0.717, 1.165) is 31.8 Å². The molecule has 5 heteroatoms. The van der Waals surface area contributed by atoms with E-state index in [0.29, 0.717) is 12.0 Å². The summed E-state index contributed by atoms with van der Waals surface area (Å²) in [6, 6.07) is 0.484. The lowest BCUT2D eigenvalue weighted by molar-refractivity contribution is 0.197. The van der Waals surface area contributed by atoms with Crippen LogP contribution < -0.4 is 5.32 Å². The van der Waals surface area contributed by atoms with E-state index in [-0.39, 0.29) is 11.6 Å². The van der Waals surface area contributed by atoms with Gasteiger partial charge in [-0.15, -0.1) is 0 Å². The monoisotopic (exact) mass is 306 g/mol. The standard InChI is InChI=1S/C17H30N4O/c1-12(2)21-13(3)10-18-15(21)9-14-7-8-20(11-14)16(22)19-17(4,5)6/h10,12,14H,7-9,11H2,1-6H3,(H,19,22). The third-order valence-corrected chi connectivity index (χ3v) is 4.10. The summed E-state index contributed by atoms with van der Waals surface area (Å²) in [5.41, 5.74) is 1.03. The van der Waals surface area contributed by atoms with Gasteiger partial charge in [0.1, 0.15) is 5.82 Å². The van der Waals surface area contributed by atoms with Gasteiger partial charge in [-0.05, 0) is 53.9 Å². The Bertz CT molecular complexity index is 527. The van der Waals surface area contributed by atoms with Crippen LogP contribution in [0.1, 0.15) is 58.6 Å². The van der Waals surface area contributed by atoms with Gasteiger partial charge in [-0.3, -0.25) is 0 Å². The highest BCUT2D eigenvalue weighted by atomic mass is 16.2. The SMILES string of the molecule is Cc1cnc(CC2CCN(C(=O)NC(C)(C)C)C2)n1C(C)C. The Morgan fingerprint density at radius 1 is 1.45 bits per heavy atom. The van der Waals surface area contributed by atoms with Crippen molar-refractivity contribution >= 4 is 6.03 Å². The lowest BCUT2D eigenvalue weighted by Crippen LogP contribution is -2.47. The topological polar surface area (TPSA) is 50.2 Å². The lowest BCUT2D eigenvalue weighted by Gasteiger charge is -2.25. The summed E-state index contributed by atoms with van der Waals surface area (Å²) >= 11 is 0. The average Bonchev–Trinajstić information content (AvgIpc) is 2.95. The zero-order valence-electron chi connectivity index (χ0n) is 14.8. The number of carbonyl (C=O) groups excluding carboxylic acids is 1. The van der Waals surface area contributed by atoms with Crippen LogP contribution >= 0.6 is 0 Å². The van der Waals surface area contributed by atoms with Gasteiger partial charge in [-0.2, -0.15) is 0 Å². The number of rotatable bonds is 3. The van der Waals surface area contributed by atoms with Gasteiger partial charge in [-0.25, -0.2) is 9.78 Å². The Morgan fingerprint density at radius 3 is 2.73 bits per heavy atom. The highest BCUT2D eigenvalue weighted by Crippen LogP contribution is 2.23. The Kier molecular flexibility index (Phi) is 4.83. The van der Waals surface area contributed by atoms with Crippen molar-refractivity contribution in [2.75, 3.05) is 13.1 Å². The van der Waals surface area contributed by atoms with E-state index in [2.05, 4.69) is 35.6 Å². The number of imidazole rings is 1. The molecule has 1 saturated heterocycles. The maximum absolute atomic E-state index is 12.2. The minimum absolute atomic E-state index is 0.0541. The summed E-state index contributed by atoms with van der Waals surface area (Å²) in [5, 5.41) is 3.05. The molecule has 2 heterocycles. The molecule has 0 spiro atoms. The molecule has 5 nitrogen and oxygen atoms in total. The third kappa shape index (κ3) is 4.02. The van der Waals surface area contributed by atoms with Crippen LogP contribution in [0.3, 0.4) is 0 Å². The molecule has 0 aromatic carbocycles. The first-order valence-electron chi connectivity index (χ1n) is 8.27. The molecule has 0 bridgehead atoms. The zero-order valence-corrected chi connectivity index (χ0v) is 14.8. The number of aryl methyl sites for hydroxylation is 1. The second kappa shape index (κ2) is 6.31. The quantitative estimate of drug-likeness (QED) is 0.932. The normalized spacial score (nSPS) is 19.0. The minimum Gasteiger partial charge on any atom is -0.333 e. The molecular formula is C17H30N4O. The van der Waals surface area contributed by atoms with E-state index in [1.54, 1.807) is 0 Å². The van der Waals surface area contributed by atoms with Gasteiger partial charge >= 0.3 is 6.03 Å². The number of hydrogen-bond acceptors (Lipinski definition) is 2. The molecule has 1 aromatic heterocycles. The predicted octanol–water partition coefficient (Wildman–Crippen LogP) is 3.14. The van der Waals surface area contributed by atoms with Crippen LogP contribution in [0.15, 0.2) is 6.20 Å². The van der Waals surface area contributed by atoms with Crippen LogP contribution in [-0.2, 0) is 6.42 Å². The molecule has 2 rings (SSSR count). The van der Waals surface area contributed by atoms with E-state index in [1.165, 1.54) is 5.69 Å². The molecule has 124 valence electrons. The predicted molar refractivity (Wildman–Crippen MR) is 89.0 cm³/mol. The van der Waals surface area contributed by atoms with Crippen LogP contribution in [0, 0.1) is 12.8 Å². The fraction of sp³-hybridized carbons (Fsp3) is 0.765. The smallest absolute Gasteiger partial charge is 0.317 e. The second-order valence-electron chi connectivity index (χ2n) is 7.76. The number of nitrogens with zero attached hydrogens (tertiary/aromatic N) is 3. The Morgan fingerprint density at radius 2 is 2.14 bits per heavy atom. The molecule has 0 radical (unpaired) electrons. The highest BCUT2D eigenvalue weighted by molar-refractivity contribution is 5.75. The summed E-state index contributed by atoms with van der Waals surface area (Å²) in [4.78, 5) is 18.7. The fourth-order valence-electron chi connectivity index (χ4n) is 3.19. The van der Waals surface area contributed by atoms with Gasteiger partial charge in [0.15, 0.2) is 0 Å². The molecule has 22 heavy (non-hydrogen) atoms. The molecule has 1 unspecified atom stereocenters. The largest absolute Gasteiger partial charge is 0.333 e. The van der Waals surface area contributed by atoms with Crippen molar-refractivity contribution in [1.82, 2.24) is 19.8 Å². The Balaban J connectivity index is 1.96. The molecule has 1 N–H and O–H groups in total. The average molecular weight is 306 g/mol. The number of urea groups is 1. The van der Waals surface area contributed by atoms with Crippen LogP contribution in [0.25, 0.3) is 0 Å². The summed E-state index contributed by atoms with van der Waals surface area (Å²) in [5.74, 6) is 1.65. The molecule has 1 aromatic rings. The zero-order chi connectivity index (χ0) is 16.5. The third-order valence-electron chi connectivity index (χ3n) is 4.10. The molecule has 1 aliphatic heterocycles. The van der Waals surface area contributed by atoms with Gasteiger partial charge < -0.3 is 14.8 Å². The molecule has 1 fully saturated rings. The van der Waals surface area contributed by atoms with E-state index in [4.69, 9.17) is 0 Å². The molecule has 0 aliphatic carbocycles. The Labute approximate surface area is 134 Å². The van der Waals surface area contributed by atoms with Crippen LogP contribution in [-0.4, -0.2) is 39.1 Å². The number of carbonyl (C=O) groups is 1. The van der Waals surface area contributed by atoms with Gasteiger partial charge in [0, 0.05) is 43.0 Å². The van der Waals surface area contributed by atoms with Crippen LogP contribution in [0.2, 0.25) is 0 Å².